The number of esters is 3. The molecule has 4 N–H and O–H groups in total. The maximum atomic E-state index is 12.9. The molecule has 0 aromatic heterocycles. The molecule has 604 valence electrons. The number of phosphoric ester groups is 2. The molecular weight excluding hydrogens is 1360 g/mol. The SMILES string of the molecule is CC/C=C\C/C=C\C/C=C\C/C=C\C/C=C\C/C=C\CCCCCCCCCCCCCCCCCCC(=O)OCC(O)COP(=O)(O)OCC(O)COP(=O)(O)OCC(COC(=O)CCCCCCCCC/C=C\C/C=C\C/C=C\C/C=C\CCCCC)OC(=O)CCCCCCC/C=C\CCCC. The number of aliphatic hydroxyl groups excluding tert-OH is 2. The lowest BCUT2D eigenvalue weighted by atomic mass is 10.0. The van der Waals surface area contributed by atoms with E-state index in [4.69, 9.17) is 32.3 Å². The van der Waals surface area contributed by atoms with E-state index in [9.17, 15) is 43.5 Å². The molecule has 16 nitrogen and oxygen atoms in total. The first-order valence-electron chi connectivity index (χ1n) is 41.5. The Bertz CT molecular complexity index is 2440. The van der Waals surface area contributed by atoms with Crippen LogP contribution in [0.1, 0.15) is 342 Å². The molecule has 0 aliphatic rings. The minimum Gasteiger partial charge on any atom is -0.463 e. The molecule has 0 radical (unpaired) electrons. The van der Waals surface area contributed by atoms with Gasteiger partial charge in [-0.25, -0.2) is 9.13 Å². The van der Waals surface area contributed by atoms with Gasteiger partial charge in [-0.05, 0) is 135 Å². The highest BCUT2D eigenvalue weighted by atomic mass is 31.2. The first-order valence-corrected chi connectivity index (χ1v) is 44.5. The summed E-state index contributed by atoms with van der Waals surface area (Å²) in [6.45, 7) is 2.49. The third kappa shape index (κ3) is 80.5. The largest absolute Gasteiger partial charge is 0.472 e. The summed E-state index contributed by atoms with van der Waals surface area (Å²) in [6, 6.07) is 0. The van der Waals surface area contributed by atoms with Gasteiger partial charge in [0.1, 0.15) is 25.4 Å². The predicted octanol–water partition coefficient (Wildman–Crippen LogP) is 24.7. The van der Waals surface area contributed by atoms with E-state index in [-0.39, 0.29) is 19.3 Å². The smallest absolute Gasteiger partial charge is 0.463 e. The lowest BCUT2D eigenvalue weighted by molar-refractivity contribution is -0.161. The summed E-state index contributed by atoms with van der Waals surface area (Å²) >= 11 is 0. The molecule has 0 heterocycles. The second kappa shape index (κ2) is 79.2. The third-order valence-corrected chi connectivity index (χ3v) is 19.2. The van der Waals surface area contributed by atoms with Crippen LogP contribution in [0, 0.1) is 0 Å². The molecule has 0 saturated carbocycles. The number of carbonyl (C=O) groups excluding carboxylic acids is 3. The van der Waals surface area contributed by atoms with Crippen molar-refractivity contribution in [3.05, 3.63) is 134 Å². The van der Waals surface area contributed by atoms with Gasteiger partial charge in [0.25, 0.3) is 0 Å². The predicted molar refractivity (Wildman–Crippen MR) is 436 cm³/mol. The molecule has 0 aromatic carbocycles. The fraction of sp³-hybridized carbons (Fsp3) is 0.713. The van der Waals surface area contributed by atoms with Crippen LogP contribution in [-0.2, 0) is 55.8 Å². The van der Waals surface area contributed by atoms with Crippen molar-refractivity contribution >= 4 is 33.6 Å². The monoisotopic (exact) mass is 1510 g/mol. The van der Waals surface area contributed by atoms with Crippen LogP contribution in [0.5, 0.6) is 0 Å². The van der Waals surface area contributed by atoms with Gasteiger partial charge in [-0.1, -0.05) is 321 Å². The maximum absolute atomic E-state index is 12.9. The van der Waals surface area contributed by atoms with Crippen LogP contribution in [0.15, 0.2) is 134 Å². The Morgan fingerprint density at radius 3 is 0.838 bits per heavy atom. The third-order valence-electron chi connectivity index (χ3n) is 17.3. The Balaban J connectivity index is 4.36. The summed E-state index contributed by atoms with van der Waals surface area (Å²) in [7, 11) is -9.79. The van der Waals surface area contributed by atoms with Crippen molar-refractivity contribution in [3.8, 4) is 0 Å². The summed E-state index contributed by atoms with van der Waals surface area (Å²) in [5.41, 5.74) is 0. The van der Waals surface area contributed by atoms with Crippen LogP contribution in [0.2, 0.25) is 0 Å². The highest BCUT2D eigenvalue weighted by Crippen LogP contribution is 2.45. The first kappa shape index (κ1) is 101. The topological polar surface area (TPSA) is 231 Å². The summed E-state index contributed by atoms with van der Waals surface area (Å²) in [5.74, 6) is -1.59. The fourth-order valence-corrected chi connectivity index (χ4v) is 12.6. The number of carbonyl (C=O) groups is 3. The van der Waals surface area contributed by atoms with E-state index in [1.54, 1.807) is 0 Å². The summed E-state index contributed by atoms with van der Waals surface area (Å²) in [6.07, 6.45) is 96.7. The van der Waals surface area contributed by atoms with Gasteiger partial charge in [-0.2, -0.15) is 0 Å². The minimum atomic E-state index is -4.93. The normalized spacial score (nSPS) is 14.6. The quantitative estimate of drug-likeness (QED) is 0.0146. The second-order valence-electron chi connectivity index (χ2n) is 27.5. The van der Waals surface area contributed by atoms with Gasteiger partial charge in [0.05, 0.1) is 26.4 Å². The highest BCUT2D eigenvalue weighted by Gasteiger charge is 2.29. The van der Waals surface area contributed by atoms with Gasteiger partial charge in [0, 0.05) is 19.3 Å². The summed E-state index contributed by atoms with van der Waals surface area (Å²) in [5, 5.41) is 20.6. The van der Waals surface area contributed by atoms with E-state index in [0.29, 0.717) is 19.3 Å². The van der Waals surface area contributed by atoms with Crippen LogP contribution in [-0.4, -0.2) is 95.9 Å². The number of unbranched alkanes of at least 4 members (excludes halogenated alkanes) is 33. The van der Waals surface area contributed by atoms with Gasteiger partial charge < -0.3 is 34.2 Å². The zero-order valence-corrected chi connectivity index (χ0v) is 67.9. The molecule has 0 amide bonds. The van der Waals surface area contributed by atoms with Crippen LogP contribution in [0.25, 0.3) is 0 Å². The number of ether oxygens (including phenoxy) is 3. The van der Waals surface area contributed by atoms with E-state index in [0.717, 1.165) is 161 Å². The molecular formula is C87H150O16P2. The number of phosphoric acid groups is 2. The maximum Gasteiger partial charge on any atom is 0.472 e. The average Bonchev–Trinajstić information content (AvgIpc) is 0.918. The molecule has 5 atom stereocenters. The average molecular weight is 1510 g/mol. The minimum absolute atomic E-state index is 0.0904. The van der Waals surface area contributed by atoms with Crippen LogP contribution < -0.4 is 0 Å². The first-order chi connectivity index (χ1) is 51.2. The Morgan fingerprint density at radius 1 is 0.276 bits per heavy atom. The van der Waals surface area contributed by atoms with E-state index in [2.05, 4.69) is 154 Å². The Hall–Kier alpha value is -4.31. The Morgan fingerprint density at radius 2 is 0.514 bits per heavy atom. The number of hydrogen-bond donors (Lipinski definition) is 4. The molecule has 18 heteroatoms. The molecule has 0 aromatic rings. The zero-order valence-electron chi connectivity index (χ0n) is 66.1. The van der Waals surface area contributed by atoms with E-state index in [1.807, 2.05) is 0 Å². The van der Waals surface area contributed by atoms with E-state index >= 15 is 0 Å². The van der Waals surface area contributed by atoms with Crippen LogP contribution in [0.3, 0.4) is 0 Å². The van der Waals surface area contributed by atoms with E-state index in [1.165, 1.54) is 122 Å². The van der Waals surface area contributed by atoms with Gasteiger partial charge in [0.2, 0.25) is 0 Å². The Labute approximate surface area is 639 Å². The van der Waals surface area contributed by atoms with Crippen LogP contribution in [0.4, 0.5) is 0 Å². The van der Waals surface area contributed by atoms with Gasteiger partial charge >= 0.3 is 33.6 Å². The molecule has 0 saturated heterocycles. The zero-order chi connectivity index (χ0) is 76.6. The van der Waals surface area contributed by atoms with Gasteiger partial charge in [0.15, 0.2) is 6.10 Å². The van der Waals surface area contributed by atoms with E-state index < -0.39 is 91.5 Å². The molecule has 105 heavy (non-hydrogen) atoms. The standard InChI is InChI=1S/C87H150O16P2/c1-4-7-10-13-16-19-22-24-26-28-30-32-34-35-36-37-38-39-40-41-42-43-44-45-47-49-50-52-54-56-59-61-64-67-70-73-85(90)97-76-82(88)77-99-104(93,94)100-78-83(89)79-101-105(95,96)102-81-84(103-87(92)75-72-69-66-63-58-21-18-15-12-9-6-3)80-98-86(91)74-71-68-65-62-60-57-55-53-51-48-46-33-31-29-27-25-23-20-17-14-11-8-5-2/h7,10,15-20,24-27,30-33,35-36,38-39,48,51,82-84,88-89H,4-6,8-9,11-14,21-23,28-29,34,37,40-47,49-50,52-81H2,1-3H3,(H,93,94)(H,95,96)/b10-7-,18-15-,19-16-,20-17-,26-24-,27-25-,32-30-,33-31-,36-35-,39-38-,51-48-. The number of rotatable bonds is 78. The van der Waals surface area contributed by atoms with Crippen molar-refractivity contribution in [2.45, 2.75) is 360 Å². The molecule has 0 bridgehead atoms. The van der Waals surface area contributed by atoms with Crippen molar-refractivity contribution in [3.63, 3.8) is 0 Å². The fourth-order valence-electron chi connectivity index (χ4n) is 11.0. The van der Waals surface area contributed by atoms with Crippen molar-refractivity contribution in [1.82, 2.24) is 0 Å². The van der Waals surface area contributed by atoms with Crippen molar-refractivity contribution in [2.24, 2.45) is 0 Å². The van der Waals surface area contributed by atoms with Crippen molar-refractivity contribution in [1.29, 1.82) is 0 Å². The summed E-state index contributed by atoms with van der Waals surface area (Å²) in [4.78, 5) is 58.6. The lowest BCUT2D eigenvalue weighted by Crippen LogP contribution is -2.30. The summed E-state index contributed by atoms with van der Waals surface area (Å²) < 4.78 is 61.1. The molecule has 0 aliphatic heterocycles. The van der Waals surface area contributed by atoms with Gasteiger partial charge in [-0.15, -0.1) is 0 Å². The van der Waals surface area contributed by atoms with Gasteiger partial charge in [-0.3, -0.25) is 32.5 Å². The number of aliphatic hydroxyl groups is 2. The van der Waals surface area contributed by atoms with Crippen molar-refractivity contribution in [2.75, 3.05) is 39.6 Å². The van der Waals surface area contributed by atoms with Crippen LogP contribution >= 0.6 is 15.6 Å². The lowest BCUT2D eigenvalue weighted by Gasteiger charge is -2.21. The Kier molecular flexibility index (Phi) is 76.0. The number of hydrogen-bond acceptors (Lipinski definition) is 14. The molecule has 0 spiro atoms. The van der Waals surface area contributed by atoms with Crippen molar-refractivity contribution < 1.29 is 75.8 Å². The molecule has 0 aliphatic carbocycles. The highest BCUT2D eigenvalue weighted by molar-refractivity contribution is 7.47. The second-order valence-corrected chi connectivity index (χ2v) is 30.4. The molecule has 0 rings (SSSR count). The molecule has 0 fully saturated rings. The number of allylic oxidation sites excluding steroid dienone is 22. The molecule has 5 unspecified atom stereocenters.